The van der Waals surface area contributed by atoms with Crippen LogP contribution in [-0.4, -0.2) is 18.8 Å². The minimum absolute atomic E-state index is 0.164. The van der Waals surface area contributed by atoms with E-state index in [-0.39, 0.29) is 5.41 Å². The van der Waals surface area contributed by atoms with Crippen LogP contribution in [0.2, 0.25) is 0 Å². The summed E-state index contributed by atoms with van der Waals surface area (Å²) < 4.78 is 5.73. The highest BCUT2D eigenvalue weighted by atomic mass is 16.5. The molecule has 0 amide bonds. The maximum absolute atomic E-state index is 9.07. The Morgan fingerprint density at radius 1 is 1.42 bits per heavy atom. The molecule has 2 rings (SSSR count). The number of ether oxygens (including phenoxy) is 1. The smallest absolute Gasteiger partial charge is 0.0995 e. The molecule has 0 saturated heterocycles. The molecule has 1 aliphatic carbocycles. The van der Waals surface area contributed by atoms with Gasteiger partial charge in [0.25, 0.3) is 0 Å². The van der Waals surface area contributed by atoms with Crippen LogP contribution >= 0.6 is 0 Å². The molecule has 1 N–H and O–H groups in total. The zero-order chi connectivity index (χ0) is 13.9. The van der Waals surface area contributed by atoms with Crippen LogP contribution in [0.5, 0.6) is 0 Å². The molecule has 3 nitrogen and oxygen atoms in total. The number of benzene rings is 1. The summed E-state index contributed by atoms with van der Waals surface area (Å²) in [4.78, 5) is 0. The van der Waals surface area contributed by atoms with Crippen LogP contribution in [0.4, 0.5) is 0 Å². The van der Waals surface area contributed by atoms with Gasteiger partial charge in [-0.3, -0.25) is 0 Å². The average Bonchev–Trinajstić information content (AvgIpc) is 2.42. The fourth-order valence-corrected chi connectivity index (χ4v) is 2.73. The van der Waals surface area contributed by atoms with Gasteiger partial charge in [0.15, 0.2) is 0 Å². The lowest BCUT2D eigenvalue weighted by molar-refractivity contribution is -0.114. The lowest BCUT2D eigenvalue weighted by Crippen LogP contribution is -2.60. The summed E-state index contributed by atoms with van der Waals surface area (Å²) in [5, 5.41) is 12.6. The molecule has 0 spiro atoms. The second-order valence-electron chi connectivity index (χ2n) is 5.70. The Hall–Kier alpha value is -1.37. The average molecular weight is 258 g/mol. The molecule has 0 aromatic heterocycles. The predicted molar refractivity (Wildman–Crippen MR) is 75.6 cm³/mol. The molecule has 1 aliphatic rings. The Labute approximate surface area is 115 Å². The zero-order valence-corrected chi connectivity index (χ0v) is 11.9. The van der Waals surface area contributed by atoms with Crippen LogP contribution in [0.25, 0.3) is 0 Å². The van der Waals surface area contributed by atoms with Crippen molar-refractivity contribution in [2.24, 2.45) is 5.41 Å². The summed E-state index contributed by atoms with van der Waals surface area (Å²) in [7, 11) is 0. The molecule has 0 aliphatic heterocycles. The third kappa shape index (κ3) is 2.80. The molecule has 2 atom stereocenters. The van der Waals surface area contributed by atoms with Crippen molar-refractivity contribution in [2.45, 2.75) is 45.9 Å². The quantitative estimate of drug-likeness (QED) is 0.883. The van der Waals surface area contributed by atoms with E-state index < -0.39 is 0 Å². The van der Waals surface area contributed by atoms with E-state index in [0.29, 0.717) is 12.1 Å². The lowest BCUT2D eigenvalue weighted by atomic mass is 9.64. The Morgan fingerprint density at radius 2 is 2.16 bits per heavy atom. The monoisotopic (exact) mass is 258 g/mol. The van der Waals surface area contributed by atoms with Crippen LogP contribution in [0.3, 0.4) is 0 Å². The molecule has 1 aromatic rings. The summed E-state index contributed by atoms with van der Waals surface area (Å²) in [6.07, 6.45) is 1.40. The molecular formula is C16H22N2O. The molecule has 0 bridgehead atoms. The van der Waals surface area contributed by atoms with Crippen molar-refractivity contribution >= 4 is 0 Å². The first-order valence-corrected chi connectivity index (χ1v) is 6.92. The lowest BCUT2D eigenvalue weighted by Gasteiger charge is -2.52. The van der Waals surface area contributed by atoms with Crippen molar-refractivity contribution in [3.05, 3.63) is 35.4 Å². The van der Waals surface area contributed by atoms with E-state index in [1.54, 1.807) is 0 Å². The maximum Gasteiger partial charge on any atom is 0.0995 e. The van der Waals surface area contributed by atoms with Crippen molar-refractivity contribution in [3.8, 4) is 6.07 Å². The molecule has 1 saturated carbocycles. The number of nitrogens with one attached hydrogen (secondary N) is 1. The van der Waals surface area contributed by atoms with Crippen LogP contribution in [0, 0.1) is 16.7 Å². The molecule has 1 aromatic carbocycles. The van der Waals surface area contributed by atoms with Gasteiger partial charge in [0.1, 0.15) is 0 Å². The third-order valence-electron chi connectivity index (χ3n) is 4.22. The van der Waals surface area contributed by atoms with Crippen LogP contribution in [0.1, 0.15) is 38.3 Å². The van der Waals surface area contributed by atoms with E-state index in [2.05, 4.69) is 25.2 Å². The highest BCUT2D eigenvalue weighted by Crippen LogP contribution is 2.42. The van der Waals surface area contributed by atoms with E-state index in [1.165, 1.54) is 0 Å². The Morgan fingerprint density at radius 3 is 2.79 bits per heavy atom. The maximum atomic E-state index is 9.07. The van der Waals surface area contributed by atoms with E-state index in [0.717, 1.165) is 30.7 Å². The summed E-state index contributed by atoms with van der Waals surface area (Å²) in [5.74, 6) is 0. The molecule has 0 radical (unpaired) electrons. The van der Waals surface area contributed by atoms with Gasteiger partial charge in [-0.15, -0.1) is 0 Å². The van der Waals surface area contributed by atoms with Crippen molar-refractivity contribution in [3.63, 3.8) is 0 Å². The molecule has 2 unspecified atom stereocenters. The first-order chi connectivity index (χ1) is 9.09. The van der Waals surface area contributed by atoms with Crippen molar-refractivity contribution in [2.75, 3.05) is 6.61 Å². The van der Waals surface area contributed by atoms with Gasteiger partial charge in [-0.05, 0) is 25.0 Å². The Balaban J connectivity index is 1.92. The summed E-state index contributed by atoms with van der Waals surface area (Å²) in [5.41, 5.74) is 1.99. The Bertz CT molecular complexity index is 476. The number of nitriles is 1. The molecule has 3 heteroatoms. The van der Waals surface area contributed by atoms with Crippen LogP contribution in [0.15, 0.2) is 24.3 Å². The van der Waals surface area contributed by atoms with Gasteiger partial charge in [-0.1, -0.05) is 32.0 Å². The van der Waals surface area contributed by atoms with Crippen molar-refractivity contribution in [1.82, 2.24) is 5.32 Å². The molecule has 0 heterocycles. The SMILES string of the molecule is CCOC1CC(NCc2ccccc2C#N)C1(C)C. The standard InChI is InChI=1S/C16H22N2O/c1-4-19-15-9-14(16(15,2)3)18-11-13-8-6-5-7-12(13)10-17/h5-8,14-15,18H,4,9,11H2,1-3H3. The topological polar surface area (TPSA) is 45.0 Å². The first kappa shape index (κ1) is 14.0. The number of nitrogens with zero attached hydrogens (tertiary/aromatic N) is 1. The fraction of sp³-hybridized carbons (Fsp3) is 0.562. The van der Waals surface area contributed by atoms with Gasteiger partial charge in [0.05, 0.1) is 17.7 Å². The molecule has 102 valence electrons. The first-order valence-electron chi connectivity index (χ1n) is 6.92. The van der Waals surface area contributed by atoms with Gasteiger partial charge in [0, 0.05) is 24.6 Å². The van der Waals surface area contributed by atoms with Gasteiger partial charge in [-0.25, -0.2) is 0 Å². The minimum Gasteiger partial charge on any atom is -0.378 e. The van der Waals surface area contributed by atoms with Gasteiger partial charge in [-0.2, -0.15) is 5.26 Å². The fourth-order valence-electron chi connectivity index (χ4n) is 2.73. The zero-order valence-electron chi connectivity index (χ0n) is 11.9. The summed E-state index contributed by atoms with van der Waals surface area (Å²) in [6.45, 7) is 8.05. The number of hydrogen-bond acceptors (Lipinski definition) is 3. The molecule has 1 fully saturated rings. The highest BCUT2D eigenvalue weighted by molar-refractivity contribution is 5.37. The summed E-state index contributed by atoms with van der Waals surface area (Å²) in [6, 6.07) is 10.5. The second kappa shape index (κ2) is 5.73. The largest absolute Gasteiger partial charge is 0.378 e. The summed E-state index contributed by atoms with van der Waals surface area (Å²) >= 11 is 0. The highest BCUT2D eigenvalue weighted by Gasteiger charge is 2.48. The normalized spacial score (nSPS) is 24.5. The van der Waals surface area contributed by atoms with Crippen molar-refractivity contribution < 1.29 is 4.74 Å². The van der Waals surface area contributed by atoms with Gasteiger partial charge < -0.3 is 10.1 Å². The third-order valence-corrected chi connectivity index (χ3v) is 4.22. The van der Waals surface area contributed by atoms with E-state index in [1.807, 2.05) is 31.2 Å². The minimum atomic E-state index is 0.164. The van der Waals surface area contributed by atoms with Crippen LogP contribution < -0.4 is 5.32 Å². The number of hydrogen-bond donors (Lipinski definition) is 1. The van der Waals surface area contributed by atoms with E-state index in [4.69, 9.17) is 10.00 Å². The second-order valence-corrected chi connectivity index (χ2v) is 5.70. The van der Waals surface area contributed by atoms with E-state index in [9.17, 15) is 0 Å². The van der Waals surface area contributed by atoms with E-state index >= 15 is 0 Å². The molecular weight excluding hydrogens is 236 g/mol. The van der Waals surface area contributed by atoms with Gasteiger partial charge in [0.2, 0.25) is 0 Å². The van der Waals surface area contributed by atoms with Crippen LogP contribution in [-0.2, 0) is 11.3 Å². The molecule has 19 heavy (non-hydrogen) atoms. The van der Waals surface area contributed by atoms with Gasteiger partial charge >= 0.3 is 0 Å². The Kier molecular flexibility index (Phi) is 4.24. The number of rotatable bonds is 5. The van der Waals surface area contributed by atoms with Crippen molar-refractivity contribution in [1.29, 1.82) is 5.26 Å². The predicted octanol–water partition coefficient (Wildman–Crippen LogP) is 2.85.